The summed E-state index contributed by atoms with van der Waals surface area (Å²) in [4.78, 5) is 14.8. The molecular weight excluding hydrogens is 268 g/mol. The van der Waals surface area contributed by atoms with E-state index in [0.717, 1.165) is 42.9 Å². The van der Waals surface area contributed by atoms with Gasteiger partial charge in [0.15, 0.2) is 0 Å². The van der Waals surface area contributed by atoms with Crippen molar-refractivity contribution in [2.75, 3.05) is 32.4 Å². The predicted octanol–water partition coefficient (Wildman–Crippen LogP) is 2.42. The highest BCUT2D eigenvalue weighted by molar-refractivity contribution is 8.00. The zero-order chi connectivity index (χ0) is 14.6. The van der Waals surface area contributed by atoms with E-state index in [1.54, 1.807) is 0 Å². The summed E-state index contributed by atoms with van der Waals surface area (Å²) in [5, 5.41) is 3.15. The third-order valence-corrected chi connectivity index (χ3v) is 4.90. The average molecular weight is 292 g/mol. The number of amides is 1. The average Bonchev–Trinajstić information content (AvgIpc) is 2.43. The normalized spacial score (nSPS) is 18.1. The molecule has 0 aromatic heterocycles. The Morgan fingerprint density at radius 2 is 2.15 bits per heavy atom. The Morgan fingerprint density at radius 1 is 1.40 bits per heavy atom. The van der Waals surface area contributed by atoms with Crippen molar-refractivity contribution < 1.29 is 4.79 Å². The van der Waals surface area contributed by atoms with Gasteiger partial charge in [-0.1, -0.05) is 18.2 Å². The molecule has 2 rings (SSSR count). The van der Waals surface area contributed by atoms with Crippen molar-refractivity contribution in [3.8, 4) is 0 Å². The van der Waals surface area contributed by atoms with Gasteiger partial charge < -0.3 is 10.2 Å². The summed E-state index contributed by atoms with van der Waals surface area (Å²) in [5.74, 6) is 1.21. The number of carbonyl (C=O) groups is 1. The van der Waals surface area contributed by atoms with Crippen LogP contribution in [0.4, 0.5) is 0 Å². The van der Waals surface area contributed by atoms with E-state index < -0.39 is 0 Å². The Bertz CT molecular complexity index is 473. The van der Waals surface area contributed by atoms with Crippen molar-refractivity contribution >= 4 is 17.7 Å². The first-order chi connectivity index (χ1) is 9.53. The molecule has 1 aromatic rings. The zero-order valence-electron chi connectivity index (χ0n) is 12.6. The van der Waals surface area contributed by atoms with E-state index in [4.69, 9.17) is 0 Å². The van der Waals surface area contributed by atoms with Crippen molar-refractivity contribution in [2.45, 2.75) is 25.0 Å². The molecule has 4 heteroatoms. The lowest BCUT2D eigenvalue weighted by Crippen LogP contribution is -2.46. The van der Waals surface area contributed by atoms with Gasteiger partial charge in [-0.15, -0.1) is 0 Å². The fourth-order valence-corrected chi connectivity index (χ4v) is 3.68. The van der Waals surface area contributed by atoms with Crippen molar-refractivity contribution in [1.82, 2.24) is 10.2 Å². The lowest BCUT2D eigenvalue weighted by atomic mass is 10.0. The molecule has 0 aliphatic carbocycles. The SMILES string of the molecule is CNCCc1ccccc1C(=O)N1CCSC(C)(C)C1. The number of hydrogen-bond acceptors (Lipinski definition) is 3. The molecule has 3 nitrogen and oxygen atoms in total. The maximum absolute atomic E-state index is 12.8. The van der Waals surface area contributed by atoms with E-state index >= 15 is 0 Å². The second-order valence-corrected chi connectivity index (χ2v) is 7.65. The second-order valence-electron chi connectivity index (χ2n) is 5.85. The molecule has 20 heavy (non-hydrogen) atoms. The number of nitrogens with one attached hydrogen (secondary N) is 1. The summed E-state index contributed by atoms with van der Waals surface area (Å²) in [6.07, 6.45) is 0.893. The largest absolute Gasteiger partial charge is 0.336 e. The molecule has 1 fully saturated rings. The van der Waals surface area contributed by atoms with Gasteiger partial charge in [-0.25, -0.2) is 0 Å². The summed E-state index contributed by atoms with van der Waals surface area (Å²) in [7, 11) is 1.94. The van der Waals surface area contributed by atoms with Crippen LogP contribution in [0, 0.1) is 0 Å². The summed E-state index contributed by atoms with van der Waals surface area (Å²) in [6, 6.07) is 7.99. The third kappa shape index (κ3) is 3.76. The fraction of sp³-hybridized carbons (Fsp3) is 0.562. The molecule has 0 spiro atoms. The van der Waals surface area contributed by atoms with Crippen molar-refractivity contribution in [2.24, 2.45) is 0 Å². The third-order valence-electron chi connectivity index (χ3n) is 3.60. The lowest BCUT2D eigenvalue weighted by Gasteiger charge is -2.37. The van der Waals surface area contributed by atoms with Crippen molar-refractivity contribution in [3.05, 3.63) is 35.4 Å². The van der Waals surface area contributed by atoms with E-state index in [9.17, 15) is 4.79 Å². The summed E-state index contributed by atoms with van der Waals surface area (Å²) < 4.78 is 0.161. The van der Waals surface area contributed by atoms with Crippen LogP contribution >= 0.6 is 11.8 Å². The van der Waals surface area contributed by atoms with Crippen molar-refractivity contribution in [1.29, 1.82) is 0 Å². The first kappa shape index (κ1) is 15.4. The Hall–Kier alpha value is -1.00. The lowest BCUT2D eigenvalue weighted by molar-refractivity contribution is 0.0747. The fourth-order valence-electron chi connectivity index (χ4n) is 2.57. The van der Waals surface area contributed by atoms with Gasteiger partial charge in [-0.3, -0.25) is 4.79 Å². The Morgan fingerprint density at radius 3 is 2.85 bits per heavy atom. The van der Waals surface area contributed by atoms with E-state index in [1.807, 2.05) is 41.9 Å². The summed E-state index contributed by atoms with van der Waals surface area (Å²) in [5.41, 5.74) is 2.01. The summed E-state index contributed by atoms with van der Waals surface area (Å²) >= 11 is 1.95. The molecule has 0 atom stereocenters. The number of nitrogens with zero attached hydrogens (tertiary/aromatic N) is 1. The van der Waals surface area contributed by atoms with Gasteiger partial charge >= 0.3 is 0 Å². The van der Waals surface area contributed by atoms with Crippen LogP contribution in [0.2, 0.25) is 0 Å². The molecule has 1 aliphatic heterocycles. The van der Waals surface area contributed by atoms with Gasteiger partial charge in [-0.2, -0.15) is 11.8 Å². The smallest absolute Gasteiger partial charge is 0.254 e. The van der Waals surface area contributed by atoms with Gasteiger partial charge in [0.1, 0.15) is 0 Å². The van der Waals surface area contributed by atoms with E-state index in [2.05, 4.69) is 25.2 Å². The number of hydrogen-bond donors (Lipinski definition) is 1. The number of benzene rings is 1. The Kier molecular flexibility index (Phi) is 5.11. The van der Waals surface area contributed by atoms with E-state index in [-0.39, 0.29) is 10.7 Å². The number of rotatable bonds is 4. The van der Waals surface area contributed by atoms with Crippen LogP contribution in [-0.2, 0) is 6.42 Å². The molecule has 0 bridgehead atoms. The van der Waals surface area contributed by atoms with Crippen LogP contribution in [0.15, 0.2) is 24.3 Å². The molecule has 1 N–H and O–H groups in total. The van der Waals surface area contributed by atoms with Crippen LogP contribution in [0.5, 0.6) is 0 Å². The minimum atomic E-state index is 0.161. The Balaban J connectivity index is 2.16. The number of thioether (sulfide) groups is 1. The highest BCUT2D eigenvalue weighted by atomic mass is 32.2. The highest BCUT2D eigenvalue weighted by Crippen LogP contribution is 2.30. The zero-order valence-corrected chi connectivity index (χ0v) is 13.4. The molecule has 1 heterocycles. The van der Waals surface area contributed by atoms with Crippen LogP contribution in [0.3, 0.4) is 0 Å². The molecule has 0 radical (unpaired) electrons. The van der Waals surface area contributed by atoms with Crippen molar-refractivity contribution in [3.63, 3.8) is 0 Å². The maximum Gasteiger partial charge on any atom is 0.254 e. The standard InChI is InChI=1S/C16H24N2OS/c1-16(2)12-18(10-11-20-16)15(19)14-7-5-4-6-13(14)8-9-17-3/h4-7,17H,8-12H2,1-3H3. The molecule has 1 aromatic carbocycles. The highest BCUT2D eigenvalue weighted by Gasteiger charge is 2.30. The van der Waals surface area contributed by atoms with E-state index in [1.165, 1.54) is 0 Å². The molecule has 1 saturated heterocycles. The molecular formula is C16H24N2OS. The van der Waals surface area contributed by atoms with Gasteiger partial charge in [0.05, 0.1) is 0 Å². The van der Waals surface area contributed by atoms with Crippen LogP contribution < -0.4 is 5.32 Å². The maximum atomic E-state index is 12.8. The number of likely N-dealkylation sites (N-methyl/N-ethyl adjacent to an activating group) is 1. The van der Waals surface area contributed by atoms with Crippen LogP contribution in [-0.4, -0.2) is 48.0 Å². The minimum Gasteiger partial charge on any atom is -0.336 e. The molecule has 1 aliphatic rings. The predicted molar refractivity (Wildman–Crippen MR) is 86.5 cm³/mol. The minimum absolute atomic E-state index is 0.161. The first-order valence-electron chi connectivity index (χ1n) is 7.19. The molecule has 110 valence electrons. The quantitative estimate of drug-likeness (QED) is 0.925. The van der Waals surface area contributed by atoms with Crippen LogP contribution in [0.1, 0.15) is 29.8 Å². The first-order valence-corrected chi connectivity index (χ1v) is 8.18. The molecule has 0 saturated carbocycles. The van der Waals surface area contributed by atoms with E-state index in [0.29, 0.717) is 0 Å². The number of carbonyl (C=O) groups excluding carboxylic acids is 1. The van der Waals surface area contributed by atoms with Gasteiger partial charge in [0.25, 0.3) is 5.91 Å². The van der Waals surface area contributed by atoms with Gasteiger partial charge in [0, 0.05) is 29.2 Å². The second kappa shape index (κ2) is 6.64. The van der Waals surface area contributed by atoms with Crippen LogP contribution in [0.25, 0.3) is 0 Å². The Labute approximate surface area is 126 Å². The molecule has 0 unspecified atom stereocenters. The topological polar surface area (TPSA) is 32.3 Å². The van der Waals surface area contributed by atoms with Gasteiger partial charge in [-0.05, 0) is 45.5 Å². The van der Waals surface area contributed by atoms with Gasteiger partial charge in [0.2, 0.25) is 0 Å². The summed E-state index contributed by atoms with van der Waals surface area (Å²) in [6.45, 7) is 7.00. The molecule has 1 amide bonds. The monoisotopic (exact) mass is 292 g/mol.